The average Bonchev–Trinajstić information content (AvgIpc) is 3.08. The fourth-order valence-electron chi connectivity index (χ4n) is 4.92. The first kappa shape index (κ1) is 22.4. The van der Waals surface area contributed by atoms with Crippen molar-refractivity contribution in [1.82, 2.24) is 0 Å². The molecule has 6 heteroatoms. The lowest BCUT2D eigenvalue weighted by Crippen LogP contribution is -2.44. The molecular formula is C28H26BrN3O2. The zero-order chi connectivity index (χ0) is 23.7. The molecule has 172 valence electrons. The molecule has 0 aromatic heterocycles. The lowest BCUT2D eigenvalue weighted by atomic mass is 9.65. The average molecular weight is 516 g/mol. The van der Waals surface area contributed by atoms with Gasteiger partial charge in [-0.25, -0.2) is 0 Å². The fourth-order valence-corrected chi connectivity index (χ4v) is 5.59. The van der Waals surface area contributed by atoms with E-state index in [1.807, 2.05) is 65.6 Å². The molecule has 1 heterocycles. The molecule has 1 saturated carbocycles. The molecule has 0 radical (unpaired) electrons. The third-order valence-corrected chi connectivity index (χ3v) is 7.43. The summed E-state index contributed by atoms with van der Waals surface area (Å²) in [6, 6.07) is 22.0. The standard InChI is InChI=1S/C28H26BrN3O2/c1-34-22-10-8-19(9-11-22)18-32-26-23(28(27(32)33)13-5-14-28)16-20(17-24(26)29)25(12-15-30)31-21-6-3-2-4-7-21/h2-4,6-12,15-17,30-31H,5,13-14,18H2,1H3/b25-12-,30-15?. The molecule has 1 aliphatic carbocycles. The number of nitrogens with one attached hydrogen (secondary N) is 2. The summed E-state index contributed by atoms with van der Waals surface area (Å²) in [5, 5.41) is 11.1. The minimum absolute atomic E-state index is 0.177. The first-order chi connectivity index (χ1) is 16.6. The normalized spacial score (nSPS) is 16.2. The Labute approximate surface area is 208 Å². The van der Waals surface area contributed by atoms with Crippen molar-refractivity contribution in [1.29, 1.82) is 5.41 Å². The molecular weight excluding hydrogens is 490 g/mol. The number of methoxy groups -OCH3 is 1. The predicted molar refractivity (Wildman–Crippen MR) is 141 cm³/mol. The van der Waals surface area contributed by atoms with Gasteiger partial charge in [-0.1, -0.05) is 36.8 Å². The highest BCUT2D eigenvalue weighted by molar-refractivity contribution is 9.10. The summed E-state index contributed by atoms with van der Waals surface area (Å²) in [5.41, 5.74) is 5.35. The molecule has 34 heavy (non-hydrogen) atoms. The number of amides is 1. The van der Waals surface area contributed by atoms with E-state index < -0.39 is 5.41 Å². The van der Waals surface area contributed by atoms with Crippen LogP contribution in [0, 0.1) is 5.41 Å². The number of ether oxygens (including phenoxy) is 1. The fraction of sp³-hybridized carbons (Fsp3) is 0.214. The molecule has 1 spiro atoms. The Hall–Kier alpha value is -3.38. The summed E-state index contributed by atoms with van der Waals surface area (Å²) in [5.74, 6) is 0.977. The van der Waals surface area contributed by atoms with Crippen LogP contribution in [0.3, 0.4) is 0 Å². The zero-order valence-corrected chi connectivity index (χ0v) is 20.6. The van der Waals surface area contributed by atoms with Gasteiger partial charge < -0.3 is 20.4 Å². The summed E-state index contributed by atoms with van der Waals surface area (Å²) >= 11 is 3.79. The van der Waals surface area contributed by atoms with E-state index in [4.69, 9.17) is 10.1 Å². The van der Waals surface area contributed by atoms with E-state index in [1.165, 1.54) is 6.21 Å². The van der Waals surface area contributed by atoms with Crippen LogP contribution in [0.2, 0.25) is 0 Å². The third-order valence-electron chi connectivity index (χ3n) is 6.82. The van der Waals surface area contributed by atoms with Crippen LogP contribution in [0.25, 0.3) is 5.70 Å². The van der Waals surface area contributed by atoms with E-state index in [1.54, 1.807) is 13.2 Å². The van der Waals surface area contributed by atoms with Gasteiger partial charge in [-0.15, -0.1) is 0 Å². The van der Waals surface area contributed by atoms with Crippen molar-refractivity contribution in [3.8, 4) is 5.75 Å². The molecule has 3 aromatic carbocycles. The van der Waals surface area contributed by atoms with Crippen molar-refractivity contribution < 1.29 is 9.53 Å². The molecule has 0 unspecified atom stereocenters. The molecule has 3 aromatic rings. The maximum absolute atomic E-state index is 13.8. The van der Waals surface area contributed by atoms with E-state index in [9.17, 15) is 4.79 Å². The Balaban J connectivity index is 1.55. The molecule has 1 amide bonds. The number of carbonyl (C=O) groups is 1. The Kier molecular flexibility index (Phi) is 6.00. The Morgan fingerprint density at radius 3 is 2.50 bits per heavy atom. The largest absolute Gasteiger partial charge is 0.497 e. The molecule has 5 nitrogen and oxygen atoms in total. The highest BCUT2D eigenvalue weighted by atomic mass is 79.9. The lowest BCUT2D eigenvalue weighted by Gasteiger charge is -2.37. The molecule has 1 aliphatic heterocycles. The number of nitrogens with zero attached hydrogens (tertiary/aromatic N) is 1. The highest BCUT2D eigenvalue weighted by Gasteiger charge is 2.55. The van der Waals surface area contributed by atoms with Gasteiger partial charge in [0.15, 0.2) is 0 Å². The van der Waals surface area contributed by atoms with Crippen molar-refractivity contribution in [2.45, 2.75) is 31.2 Å². The van der Waals surface area contributed by atoms with Crippen molar-refractivity contribution in [2.75, 3.05) is 17.3 Å². The minimum atomic E-state index is -0.455. The second-order valence-corrected chi connectivity index (χ2v) is 9.62. The number of rotatable bonds is 7. The molecule has 0 bridgehead atoms. The Morgan fingerprint density at radius 2 is 1.88 bits per heavy atom. The second-order valence-electron chi connectivity index (χ2n) is 8.77. The third kappa shape index (κ3) is 3.82. The maximum Gasteiger partial charge on any atom is 0.238 e. The van der Waals surface area contributed by atoms with Crippen molar-refractivity contribution >= 4 is 45.1 Å². The molecule has 2 aliphatic rings. The van der Waals surface area contributed by atoms with Gasteiger partial charge >= 0.3 is 0 Å². The Morgan fingerprint density at radius 1 is 1.15 bits per heavy atom. The van der Waals surface area contributed by atoms with Gasteiger partial charge in [-0.3, -0.25) is 4.79 Å². The van der Waals surface area contributed by atoms with Crippen LogP contribution in [0.5, 0.6) is 5.75 Å². The monoisotopic (exact) mass is 515 g/mol. The van der Waals surface area contributed by atoms with Crippen LogP contribution in [-0.2, 0) is 16.8 Å². The van der Waals surface area contributed by atoms with Crippen LogP contribution in [0.1, 0.15) is 36.0 Å². The van der Waals surface area contributed by atoms with Crippen molar-refractivity contribution in [3.63, 3.8) is 0 Å². The molecule has 0 saturated heterocycles. The Bertz CT molecular complexity index is 1260. The number of carbonyl (C=O) groups excluding carboxylic acids is 1. The SMILES string of the molecule is COc1ccc(CN2C(=O)C3(CCC3)c3cc(/C(=C/C=N)Nc4ccccc4)cc(Br)c32)cc1. The summed E-state index contributed by atoms with van der Waals surface area (Å²) in [6.45, 7) is 0.515. The number of benzene rings is 3. The number of hydrogen-bond acceptors (Lipinski definition) is 4. The molecule has 5 rings (SSSR count). The van der Waals surface area contributed by atoms with Gasteiger partial charge in [0.05, 0.1) is 24.8 Å². The number of anilines is 2. The van der Waals surface area contributed by atoms with E-state index in [-0.39, 0.29) is 5.91 Å². The topological polar surface area (TPSA) is 65.4 Å². The summed E-state index contributed by atoms with van der Waals surface area (Å²) in [4.78, 5) is 15.7. The lowest BCUT2D eigenvalue weighted by molar-refractivity contribution is -0.126. The van der Waals surface area contributed by atoms with Gasteiger partial charge in [0.25, 0.3) is 0 Å². The molecule has 0 atom stereocenters. The summed E-state index contributed by atoms with van der Waals surface area (Å²) < 4.78 is 6.16. The summed E-state index contributed by atoms with van der Waals surface area (Å²) in [7, 11) is 1.65. The van der Waals surface area contributed by atoms with Crippen molar-refractivity contribution in [3.05, 3.63) is 94.0 Å². The van der Waals surface area contributed by atoms with E-state index >= 15 is 0 Å². The van der Waals surface area contributed by atoms with Gasteiger partial charge in [-0.05, 0) is 87.9 Å². The predicted octanol–water partition coefficient (Wildman–Crippen LogP) is 6.53. The second kappa shape index (κ2) is 9.11. The van der Waals surface area contributed by atoms with Crippen LogP contribution in [-0.4, -0.2) is 19.2 Å². The molecule has 2 N–H and O–H groups in total. The number of halogens is 1. The van der Waals surface area contributed by atoms with E-state index in [0.29, 0.717) is 6.54 Å². The number of para-hydroxylation sites is 1. The quantitative estimate of drug-likeness (QED) is 0.351. The summed E-state index contributed by atoms with van der Waals surface area (Å²) in [6.07, 6.45) is 5.81. The number of hydrogen-bond donors (Lipinski definition) is 2. The molecule has 1 fully saturated rings. The van der Waals surface area contributed by atoms with Crippen LogP contribution >= 0.6 is 15.9 Å². The van der Waals surface area contributed by atoms with Gasteiger partial charge in [0.2, 0.25) is 5.91 Å². The van der Waals surface area contributed by atoms with Gasteiger partial charge in [0, 0.05) is 22.1 Å². The maximum atomic E-state index is 13.8. The van der Waals surface area contributed by atoms with Gasteiger partial charge in [0.1, 0.15) is 5.75 Å². The van der Waals surface area contributed by atoms with Crippen LogP contribution < -0.4 is 15.0 Å². The van der Waals surface area contributed by atoms with Crippen LogP contribution in [0.15, 0.2) is 77.3 Å². The minimum Gasteiger partial charge on any atom is -0.497 e. The van der Waals surface area contributed by atoms with Gasteiger partial charge in [-0.2, -0.15) is 0 Å². The smallest absolute Gasteiger partial charge is 0.238 e. The van der Waals surface area contributed by atoms with E-state index in [2.05, 4.69) is 27.3 Å². The highest BCUT2D eigenvalue weighted by Crippen LogP contribution is 2.56. The number of allylic oxidation sites excluding steroid dienone is 1. The first-order valence-electron chi connectivity index (χ1n) is 11.4. The van der Waals surface area contributed by atoms with Crippen LogP contribution in [0.4, 0.5) is 11.4 Å². The number of fused-ring (bicyclic) bond motifs is 2. The van der Waals surface area contributed by atoms with Crippen molar-refractivity contribution in [2.24, 2.45) is 0 Å². The first-order valence-corrected chi connectivity index (χ1v) is 12.2. The van der Waals surface area contributed by atoms with E-state index in [0.717, 1.165) is 63.2 Å². The zero-order valence-electron chi connectivity index (χ0n) is 19.0.